The molecule has 1 fully saturated rings. The van der Waals surface area contributed by atoms with E-state index in [-0.39, 0.29) is 17.4 Å². The molecular formula is C24H23BrN2O6S. The van der Waals surface area contributed by atoms with Gasteiger partial charge in [0.05, 0.1) is 9.38 Å². The van der Waals surface area contributed by atoms with E-state index in [1.165, 1.54) is 0 Å². The number of benzene rings is 2. The first-order valence-electron chi connectivity index (χ1n) is 10.3. The SMILES string of the molecule is CC(C)(C)OC(=O)CN1C(=O)SC(=Cc2ccc(OCC(=O)Nc3ccccc3)c(Br)c2)C1=O. The predicted molar refractivity (Wildman–Crippen MR) is 133 cm³/mol. The van der Waals surface area contributed by atoms with E-state index in [0.29, 0.717) is 21.5 Å². The summed E-state index contributed by atoms with van der Waals surface area (Å²) in [6.45, 7) is 4.50. The third-order valence-electron chi connectivity index (χ3n) is 4.25. The van der Waals surface area contributed by atoms with Gasteiger partial charge in [-0.1, -0.05) is 24.3 Å². The number of hydrogen-bond donors (Lipinski definition) is 1. The Balaban J connectivity index is 1.61. The van der Waals surface area contributed by atoms with Crippen LogP contribution in [0.2, 0.25) is 0 Å². The maximum Gasteiger partial charge on any atom is 0.326 e. The summed E-state index contributed by atoms with van der Waals surface area (Å²) in [5, 5.41) is 2.20. The monoisotopic (exact) mass is 546 g/mol. The molecule has 0 aromatic heterocycles. The maximum absolute atomic E-state index is 12.6. The summed E-state index contributed by atoms with van der Waals surface area (Å²) in [6.07, 6.45) is 1.55. The molecule has 0 saturated carbocycles. The Kier molecular flexibility index (Phi) is 8.16. The van der Waals surface area contributed by atoms with E-state index in [9.17, 15) is 19.2 Å². The van der Waals surface area contributed by atoms with Crippen molar-refractivity contribution in [1.29, 1.82) is 0 Å². The van der Waals surface area contributed by atoms with Crippen molar-refractivity contribution in [3.05, 3.63) is 63.5 Å². The van der Waals surface area contributed by atoms with Crippen LogP contribution < -0.4 is 10.1 Å². The van der Waals surface area contributed by atoms with Crippen molar-refractivity contribution in [3.8, 4) is 5.75 Å². The molecule has 0 atom stereocenters. The van der Waals surface area contributed by atoms with Crippen LogP contribution in [-0.2, 0) is 19.1 Å². The number of amides is 3. The van der Waals surface area contributed by atoms with Crippen molar-refractivity contribution in [2.45, 2.75) is 26.4 Å². The minimum absolute atomic E-state index is 0.184. The van der Waals surface area contributed by atoms with E-state index >= 15 is 0 Å². The minimum atomic E-state index is -0.715. The fourth-order valence-corrected chi connectivity index (χ4v) is 4.23. The molecule has 2 aromatic carbocycles. The number of nitrogens with zero attached hydrogens (tertiary/aromatic N) is 1. The molecule has 3 amide bonds. The molecule has 1 N–H and O–H groups in total. The topological polar surface area (TPSA) is 102 Å². The average Bonchev–Trinajstić information content (AvgIpc) is 3.00. The van der Waals surface area contributed by atoms with Gasteiger partial charge in [-0.3, -0.25) is 24.1 Å². The molecule has 1 saturated heterocycles. The second-order valence-electron chi connectivity index (χ2n) is 8.25. The van der Waals surface area contributed by atoms with Crippen LogP contribution in [0.3, 0.4) is 0 Å². The van der Waals surface area contributed by atoms with Gasteiger partial charge < -0.3 is 14.8 Å². The summed E-state index contributed by atoms with van der Waals surface area (Å²) in [6, 6.07) is 14.1. The number of hydrogen-bond acceptors (Lipinski definition) is 7. The smallest absolute Gasteiger partial charge is 0.326 e. The lowest BCUT2D eigenvalue weighted by molar-refractivity contribution is -0.156. The molecule has 34 heavy (non-hydrogen) atoms. The Morgan fingerprint density at radius 1 is 1.12 bits per heavy atom. The number of rotatable bonds is 7. The van der Waals surface area contributed by atoms with Gasteiger partial charge in [-0.15, -0.1) is 0 Å². The third kappa shape index (κ3) is 7.19. The van der Waals surface area contributed by atoms with Crippen LogP contribution >= 0.6 is 27.7 Å². The highest BCUT2D eigenvalue weighted by atomic mass is 79.9. The lowest BCUT2D eigenvalue weighted by atomic mass is 10.2. The van der Waals surface area contributed by atoms with E-state index in [1.807, 2.05) is 18.2 Å². The summed E-state index contributed by atoms with van der Waals surface area (Å²) in [5.74, 6) is -1.08. The Bertz CT molecular complexity index is 1140. The van der Waals surface area contributed by atoms with E-state index < -0.39 is 29.3 Å². The lowest BCUT2D eigenvalue weighted by Crippen LogP contribution is -2.37. The summed E-state index contributed by atoms with van der Waals surface area (Å²) in [7, 11) is 0. The number of carbonyl (C=O) groups excluding carboxylic acids is 4. The van der Waals surface area contributed by atoms with Crippen LogP contribution in [-0.4, -0.2) is 46.7 Å². The zero-order valence-corrected chi connectivity index (χ0v) is 21.2. The number of ether oxygens (including phenoxy) is 2. The van der Waals surface area contributed by atoms with E-state index in [0.717, 1.165) is 16.7 Å². The molecule has 10 heteroatoms. The summed E-state index contributed by atoms with van der Waals surface area (Å²) >= 11 is 4.15. The minimum Gasteiger partial charge on any atom is -0.483 e. The molecule has 0 unspecified atom stereocenters. The zero-order chi connectivity index (χ0) is 24.9. The first kappa shape index (κ1) is 25.5. The highest BCUT2D eigenvalue weighted by Gasteiger charge is 2.37. The molecule has 1 heterocycles. The Labute approximate surface area is 209 Å². The van der Waals surface area contributed by atoms with Crippen molar-refractivity contribution >= 4 is 62.5 Å². The molecule has 2 aromatic rings. The Hall–Kier alpha value is -3.11. The number of halogens is 1. The van der Waals surface area contributed by atoms with Crippen molar-refractivity contribution in [2.75, 3.05) is 18.5 Å². The summed E-state index contributed by atoms with van der Waals surface area (Å²) in [4.78, 5) is 50.0. The van der Waals surface area contributed by atoms with Crippen LogP contribution in [0.1, 0.15) is 26.3 Å². The molecule has 1 aliphatic heterocycles. The van der Waals surface area contributed by atoms with Crippen LogP contribution in [0.15, 0.2) is 57.9 Å². The normalized spacial score (nSPS) is 14.9. The number of para-hydroxylation sites is 1. The number of imide groups is 1. The predicted octanol–water partition coefficient (Wildman–Crippen LogP) is 4.84. The van der Waals surface area contributed by atoms with Gasteiger partial charge in [-0.05, 0) is 84.4 Å². The van der Waals surface area contributed by atoms with E-state index in [2.05, 4.69) is 21.2 Å². The highest BCUT2D eigenvalue weighted by molar-refractivity contribution is 9.10. The fourth-order valence-electron chi connectivity index (χ4n) is 2.88. The molecular weight excluding hydrogens is 524 g/mol. The quantitative estimate of drug-likeness (QED) is 0.391. The molecule has 0 aliphatic carbocycles. The van der Waals surface area contributed by atoms with Crippen molar-refractivity contribution in [2.24, 2.45) is 0 Å². The van der Waals surface area contributed by atoms with Gasteiger partial charge in [0.1, 0.15) is 17.9 Å². The van der Waals surface area contributed by atoms with Gasteiger partial charge >= 0.3 is 5.97 Å². The van der Waals surface area contributed by atoms with Crippen molar-refractivity contribution in [1.82, 2.24) is 4.90 Å². The van der Waals surface area contributed by atoms with Gasteiger partial charge in [0, 0.05) is 5.69 Å². The first-order valence-corrected chi connectivity index (χ1v) is 11.9. The van der Waals surface area contributed by atoms with Gasteiger partial charge in [-0.2, -0.15) is 0 Å². The number of anilines is 1. The second kappa shape index (κ2) is 10.9. The Morgan fingerprint density at radius 3 is 2.47 bits per heavy atom. The van der Waals surface area contributed by atoms with Crippen molar-refractivity contribution in [3.63, 3.8) is 0 Å². The standard InChI is InChI=1S/C24H23BrN2O6S/c1-24(2,3)33-21(29)13-27-22(30)19(34-23(27)31)12-15-9-10-18(17(25)11-15)32-14-20(28)26-16-7-5-4-6-8-16/h4-12H,13-14H2,1-3H3,(H,26,28). The fraction of sp³-hybridized carbons (Fsp3) is 0.250. The molecule has 0 bridgehead atoms. The summed E-state index contributed by atoms with van der Waals surface area (Å²) < 4.78 is 11.3. The number of thioether (sulfide) groups is 1. The van der Waals surface area contributed by atoms with Crippen LogP contribution in [0.5, 0.6) is 5.75 Å². The molecule has 1 aliphatic rings. The number of nitrogens with one attached hydrogen (secondary N) is 1. The second-order valence-corrected chi connectivity index (χ2v) is 10.1. The molecule has 0 radical (unpaired) electrons. The van der Waals surface area contributed by atoms with Crippen LogP contribution in [0.25, 0.3) is 6.08 Å². The molecule has 3 rings (SSSR count). The maximum atomic E-state index is 12.6. The zero-order valence-electron chi connectivity index (χ0n) is 18.8. The largest absolute Gasteiger partial charge is 0.483 e. The summed E-state index contributed by atoms with van der Waals surface area (Å²) in [5.41, 5.74) is 0.592. The van der Waals surface area contributed by atoms with E-state index in [4.69, 9.17) is 9.47 Å². The van der Waals surface area contributed by atoms with Crippen LogP contribution in [0, 0.1) is 0 Å². The third-order valence-corrected chi connectivity index (χ3v) is 5.78. The molecule has 8 nitrogen and oxygen atoms in total. The van der Waals surface area contributed by atoms with Gasteiger partial charge in [0.2, 0.25) is 0 Å². The van der Waals surface area contributed by atoms with E-state index in [1.54, 1.807) is 57.2 Å². The van der Waals surface area contributed by atoms with Gasteiger partial charge in [-0.25, -0.2) is 0 Å². The van der Waals surface area contributed by atoms with Crippen molar-refractivity contribution < 1.29 is 28.7 Å². The first-order chi connectivity index (χ1) is 16.0. The highest BCUT2D eigenvalue weighted by Crippen LogP contribution is 2.34. The number of carbonyl (C=O) groups is 4. The lowest BCUT2D eigenvalue weighted by Gasteiger charge is -2.21. The van der Waals surface area contributed by atoms with Gasteiger partial charge in [0.25, 0.3) is 17.1 Å². The van der Waals surface area contributed by atoms with Gasteiger partial charge in [0.15, 0.2) is 6.61 Å². The van der Waals surface area contributed by atoms with Crippen LogP contribution in [0.4, 0.5) is 10.5 Å². The average molecular weight is 547 g/mol. The molecule has 0 spiro atoms. The number of esters is 1. The molecule has 178 valence electrons. The Morgan fingerprint density at radius 2 is 1.82 bits per heavy atom.